The minimum Gasteiger partial charge on any atom is -0.462 e. The average molecular weight is 315 g/mol. The lowest BCUT2D eigenvalue weighted by Gasteiger charge is -2.20. The summed E-state index contributed by atoms with van der Waals surface area (Å²) in [5, 5.41) is 7.67. The summed E-state index contributed by atoms with van der Waals surface area (Å²) in [5.41, 5.74) is 3.97. The van der Waals surface area contributed by atoms with Gasteiger partial charge in [0.15, 0.2) is 0 Å². The highest BCUT2D eigenvalue weighted by molar-refractivity contribution is 5.29. The van der Waals surface area contributed by atoms with E-state index in [-0.39, 0.29) is 6.10 Å². The third-order valence-electron chi connectivity index (χ3n) is 4.92. The molecule has 0 spiro atoms. The fraction of sp³-hybridized carbons (Fsp3) is 0.611. The molecular weight excluding hydrogens is 290 g/mol. The Labute approximate surface area is 137 Å². The number of ether oxygens (including phenoxy) is 1. The molecule has 1 atom stereocenters. The molecule has 2 aromatic heterocycles. The first-order chi connectivity index (χ1) is 11.3. The summed E-state index contributed by atoms with van der Waals surface area (Å²) in [6.07, 6.45) is 7.18. The van der Waals surface area contributed by atoms with Gasteiger partial charge in [-0.05, 0) is 63.3 Å². The number of furan rings is 1. The Morgan fingerprint density at radius 3 is 3.04 bits per heavy atom. The highest BCUT2D eigenvalue weighted by Crippen LogP contribution is 2.29. The summed E-state index contributed by atoms with van der Waals surface area (Å²) in [5.74, 6) is 1.98. The number of hydrogen-bond acceptors (Lipinski definition) is 4. The van der Waals surface area contributed by atoms with E-state index in [2.05, 4.69) is 34.3 Å². The number of aromatic nitrogens is 2. The molecule has 3 heterocycles. The smallest absolute Gasteiger partial charge is 0.133 e. The van der Waals surface area contributed by atoms with Crippen molar-refractivity contribution < 1.29 is 9.15 Å². The molecule has 0 saturated carbocycles. The number of aryl methyl sites for hydroxylation is 1. The Balaban J connectivity index is 1.37. The maximum Gasteiger partial charge on any atom is 0.133 e. The Bertz CT molecular complexity index is 655. The van der Waals surface area contributed by atoms with Crippen LogP contribution in [0.3, 0.4) is 0 Å². The monoisotopic (exact) mass is 315 g/mol. The van der Waals surface area contributed by atoms with E-state index in [1.165, 1.54) is 42.6 Å². The summed E-state index contributed by atoms with van der Waals surface area (Å²) in [4.78, 5) is 2.26. The van der Waals surface area contributed by atoms with Gasteiger partial charge < -0.3 is 9.15 Å². The van der Waals surface area contributed by atoms with Gasteiger partial charge in [-0.2, -0.15) is 5.10 Å². The van der Waals surface area contributed by atoms with Crippen LogP contribution >= 0.6 is 0 Å². The van der Waals surface area contributed by atoms with Gasteiger partial charge in [-0.1, -0.05) is 0 Å². The summed E-state index contributed by atoms with van der Waals surface area (Å²) in [7, 11) is 2.12. The first kappa shape index (κ1) is 15.0. The lowest BCUT2D eigenvalue weighted by Crippen LogP contribution is -2.18. The zero-order valence-electron chi connectivity index (χ0n) is 13.8. The van der Waals surface area contributed by atoms with Gasteiger partial charge in [-0.25, -0.2) is 0 Å². The number of nitrogens with one attached hydrogen (secondary N) is 1. The average Bonchev–Trinajstić information content (AvgIpc) is 3.27. The second-order valence-corrected chi connectivity index (χ2v) is 6.81. The van der Waals surface area contributed by atoms with Gasteiger partial charge >= 0.3 is 0 Å². The quantitative estimate of drug-likeness (QED) is 0.919. The molecule has 1 saturated heterocycles. The van der Waals surface area contributed by atoms with Gasteiger partial charge in [0.2, 0.25) is 0 Å². The highest BCUT2D eigenvalue weighted by atomic mass is 16.5. The minimum atomic E-state index is 0.150. The lowest BCUT2D eigenvalue weighted by atomic mass is 10.1. The molecule has 23 heavy (non-hydrogen) atoms. The molecule has 2 aromatic rings. The molecule has 124 valence electrons. The number of rotatable bonds is 5. The van der Waals surface area contributed by atoms with E-state index in [9.17, 15) is 0 Å². The van der Waals surface area contributed by atoms with E-state index in [4.69, 9.17) is 9.15 Å². The van der Waals surface area contributed by atoms with Gasteiger partial charge in [0.1, 0.15) is 17.6 Å². The predicted molar refractivity (Wildman–Crippen MR) is 87.0 cm³/mol. The molecule has 0 amide bonds. The van der Waals surface area contributed by atoms with Crippen molar-refractivity contribution in [3.05, 3.63) is 40.6 Å². The predicted octanol–water partition coefficient (Wildman–Crippen LogP) is 3.37. The van der Waals surface area contributed by atoms with Gasteiger partial charge in [-0.15, -0.1) is 0 Å². The third-order valence-corrected chi connectivity index (χ3v) is 4.92. The third kappa shape index (κ3) is 3.21. The molecule has 5 heteroatoms. The van der Waals surface area contributed by atoms with E-state index < -0.39 is 0 Å². The number of hydrogen-bond donors (Lipinski definition) is 1. The molecule has 0 radical (unpaired) electrons. The van der Waals surface area contributed by atoms with Crippen LogP contribution in [0.2, 0.25) is 0 Å². The number of fused-ring (bicyclic) bond motifs is 1. The summed E-state index contributed by atoms with van der Waals surface area (Å²) in [6, 6.07) is 4.16. The molecule has 1 aliphatic carbocycles. The second-order valence-electron chi connectivity index (χ2n) is 6.81. The molecule has 5 nitrogen and oxygen atoms in total. The van der Waals surface area contributed by atoms with Crippen LogP contribution in [0.5, 0.6) is 0 Å². The van der Waals surface area contributed by atoms with E-state index >= 15 is 0 Å². The van der Waals surface area contributed by atoms with Crippen molar-refractivity contribution in [1.29, 1.82) is 0 Å². The van der Waals surface area contributed by atoms with E-state index in [0.717, 1.165) is 44.1 Å². The fourth-order valence-corrected chi connectivity index (χ4v) is 3.71. The van der Waals surface area contributed by atoms with Gasteiger partial charge in [0.05, 0.1) is 12.2 Å². The second kappa shape index (κ2) is 6.49. The van der Waals surface area contributed by atoms with Gasteiger partial charge in [-0.3, -0.25) is 10.00 Å². The Morgan fingerprint density at radius 1 is 1.22 bits per heavy atom. The van der Waals surface area contributed by atoms with Crippen molar-refractivity contribution in [2.75, 3.05) is 13.7 Å². The normalized spacial score (nSPS) is 21.0. The largest absolute Gasteiger partial charge is 0.462 e. The number of nitrogens with zero attached hydrogens (tertiary/aromatic N) is 2. The molecule has 2 aliphatic rings. The Kier molecular flexibility index (Phi) is 4.23. The molecule has 0 aromatic carbocycles. The van der Waals surface area contributed by atoms with Crippen LogP contribution in [-0.2, 0) is 30.7 Å². The number of H-pyrrole nitrogens is 1. The zero-order valence-corrected chi connectivity index (χ0v) is 13.8. The molecule has 4 rings (SSSR count). The highest BCUT2D eigenvalue weighted by Gasteiger charge is 2.21. The zero-order chi connectivity index (χ0) is 15.6. The summed E-state index contributed by atoms with van der Waals surface area (Å²) >= 11 is 0. The van der Waals surface area contributed by atoms with Crippen molar-refractivity contribution >= 4 is 0 Å². The maximum absolute atomic E-state index is 6.01. The first-order valence-corrected chi connectivity index (χ1v) is 8.73. The molecule has 1 N–H and O–H groups in total. The van der Waals surface area contributed by atoms with Crippen LogP contribution in [-0.4, -0.2) is 28.8 Å². The summed E-state index contributed by atoms with van der Waals surface area (Å²) in [6.45, 7) is 2.51. The Morgan fingerprint density at radius 2 is 2.17 bits per heavy atom. The van der Waals surface area contributed by atoms with Crippen LogP contribution in [0.15, 0.2) is 16.5 Å². The van der Waals surface area contributed by atoms with E-state index in [0.29, 0.717) is 0 Å². The number of aromatic amines is 1. The van der Waals surface area contributed by atoms with Crippen molar-refractivity contribution in [3.8, 4) is 0 Å². The standard InChI is InChI=1S/C18H25N3O2/c1-21(12-16-14-5-4-6-15(14)19-20-16)11-13-8-9-18(23-13)17-7-2-3-10-22-17/h8-9,17H,2-7,10-12H2,1H3,(H,19,20)/t17-/m1/s1. The van der Waals surface area contributed by atoms with Crippen LogP contribution in [0.4, 0.5) is 0 Å². The van der Waals surface area contributed by atoms with E-state index in [1.54, 1.807) is 0 Å². The fourth-order valence-electron chi connectivity index (χ4n) is 3.71. The van der Waals surface area contributed by atoms with Crippen molar-refractivity contribution in [3.63, 3.8) is 0 Å². The van der Waals surface area contributed by atoms with Crippen LogP contribution < -0.4 is 0 Å². The van der Waals surface area contributed by atoms with Crippen LogP contribution in [0, 0.1) is 0 Å². The summed E-state index contributed by atoms with van der Waals surface area (Å²) < 4.78 is 11.8. The SMILES string of the molecule is CN(Cc1ccc([C@H]2CCCCO2)o1)Cc1n[nH]c2c1CCC2. The molecule has 0 bridgehead atoms. The van der Waals surface area contributed by atoms with Crippen molar-refractivity contribution in [2.24, 2.45) is 0 Å². The van der Waals surface area contributed by atoms with Crippen molar-refractivity contribution in [2.45, 2.75) is 57.7 Å². The molecule has 1 fully saturated rings. The van der Waals surface area contributed by atoms with Gasteiger partial charge in [0.25, 0.3) is 0 Å². The van der Waals surface area contributed by atoms with Crippen LogP contribution in [0.1, 0.15) is 60.3 Å². The minimum absolute atomic E-state index is 0.150. The molecule has 0 unspecified atom stereocenters. The van der Waals surface area contributed by atoms with Crippen LogP contribution in [0.25, 0.3) is 0 Å². The topological polar surface area (TPSA) is 54.3 Å². The maximum atomic E-state index is 6.01. The van der Waals surface area contributed by atoms with E-state index in [1.807, 2.05) is 0 Å². The first-order valence-electron chi connectivity index (χ1n) is 8.73. The molecular formula is C18H25N3O2. The van der Waals surface area contributed by atoms with Gasteiger partial charge in [0, 0.05) is 18.8 Å². The lowest BCUT2D eigenvalue weighted by molar-refractivity contribution is 0.000903. The molecule has 1 aliphatic heterocycles. The Hall–Kier alpha value is -1.59. The van der Waals surface area contributed by atoms with Crippen molar-refractivity contribution in [1.82, 2.24) is 15.1 Å².